The van der Waals surface area contributed by atoms with E-state index in [1.54, 1.807) is 13.8 Å². The maximum absolute atomic E-state index is 10.5. The van der Waals surface area contributed by atoms with Crippen LogP contribution in [0.15, 0.2) is 0 Å². The molecule has 2 unspecified atom stereocenters. The fourth-order valence-electron chi connectivity index (χ4n) is 1.28. The van der Waals surface area contributed by atoms with Gasteiger partial charge in [0.25, 0.3) is 0 Å². The summed E-state index contributed by atoms with van der Waals surface area (Å²) in [5.41, 5.74) is -0.810. The Morgan fingerprint density at radius 2 is 2.00 bits per heavy atom. The highest BCUT2D eigenvalue weighted by Gasteiger charge is 2.26. The van der Waals surface area contributed by atoms with Crippen molar-refractivity contribution in [3.05, 3.63) is 0 Å². The minimum Gasteiger partial charge on any atom is -0.389 e. The first-order valence-corrected chi connectivity index (χ1v) is 5.22. The lowest BCUT2D eigenvalue weighted by molar-refractivity contribution is -0.118. The topological polar surface area (TPSA) is 37.3 Å². The van der Waals surface area contributed by atoms with E-state index in [0.717, 1.165) is 25.5 Å². The molecule has 0 rings (SSSR count). The van der Waals surface area contributed by atoms with E-state index in [9.17, 15) is 9.90 Å². The van der Waals surface area contributed by atoms with Gasteiger partial charge in [0, 0.05) is 5.92 Å². The Labute approximate surface area is 81.3 Å². The maximum atomic E-state index is 10.5. The lowest BCUT2D eigenvalue weighted by atomic mass is 9.87. The van der Waals surface area contributed by atoms with E-state index in [1.165, 1.54) is 12.8 Å². The molecule has 78 valence electrons. The minimum atomic E-state index is -0.810. The summed E-state index contributed by atoms with van der Waals surface area (Å²) in [6.07, 6.45) is 6.14. The van der Waals surface area contributed by atoms with Crippen molar-refractivity contribution in [2.24, 2.45) is 5.92 Å². The first kappa shape index (κ1) is 12.6. The largest absolute Gasteiger partial charge is 0.389 e. The Morgan fingerprint density at radius 3 is 2.46 bits per heavy atom. The van der Waals surface area contributed by atoms with Gasteiger partial charge >= 0.3 is 0 Å². The van der Waals surface area contributed by atoms with Crippen molar-refractivity contribution in [2.75, 3.05) is 0 Å². The zero-order chi connectivity index (χ0) is 10.3. The molecule has 2 atom stereocenters. The van der Waals surface area contributed by atoms with Crippen molar-refractivity contribution >= 4 is 6.29 Å². The molecule has 0 aliphatic heterocycles. The highest BCUT2D eigenvalue weighted by molar-refractivity contribution is 5.54. The van der Waals surface area contributed by atoms with E-state index < -0.39 is 5.60 Å². The van der Waals surface area contributed by atoms with Gasteiger partial charge in [0.2, 0.25) is 0 Å². The van der Waals surface area contributed by atoms with Gasteiger partial charge in [0.05, 0.1) is 5.60 Å². The van der Waals surface area contributed by atoms with Crippen molar-refractivity contribution in [1.29, 1.82) is 0 Å². The summed E-state index contributed by atoms with van der Waals surface area (Å²) in [4.78, 5) is 10.5. The number of hydrogen-bond donors (Lipinski definition) is 1. The summed E-state index contributed by atoms with van der Waals surface area (Å²) in [5.74, 6) is -0.255. The summed E-state index contributed by atoms with van der Waals surface area (Å²) >= 11 is 0. The quantitative estimate of drug-likeness (QED) is 0.490. The number of rotatable bonds is 7. The van der Waals surface area contributed by atoms with Gasteiger partial charge in [-0.05, 0) is 13.3 Å². The standard InChI is InChI=1S/C11H22O2/c1-4-5-6-7-8-11(3,13)10(2)9-12/h9-10,13H,4-8H2,1-3H3. The van der Waals surface area contributed by atoms with Gasteiger partial charge in [-0.1, -0.05) is 39.5 Å². The van der Waals surface area contributed by atoms with Crippen molar-refractivity contribution in [1.82, 2.24) is 0 Å². The summed E-state index contributed by atoms with van der Waals surface area (Å²) in [6.45, 7) is 5.68. The van der Waals surface area contributed by atoms with E-state index >= 15 is 0 Å². The predicted molar refractivity (Wildman–Crippen MR) is 54.6 cm³/mol. The molecule has 0 saturated carbocycles. The van der Waals surface area contributed by atoms with Crippen LogP contribution in [0.25, 0.3) is 0 Å². The van der Waals surface area contributed by atoms with E-state index in [2.05, 4.69) is 6.92 Å². The third-order valence-corrected chi connectivity index (χ3v) is 2.72. The highest BCUT2D eigenvalue weighted by atomic mass is 16.3. The number of aliphatic hydroxyl groups is 1. The van der Waals surface area contributed by atoms with Crippen LogP contribution >= 0.6 is 0 Å². The van der Waals surface area contributed by atoms with Crippen LogP contribution in [-0.4, -0.2) is 17.0 Å². The molecule has 0 bridgehead atoms. The average Bonchev–Trinajstić information content (AvgIpc) is 2.11. The third kappa shape index (κ3) is 5.04. The first-order chi connectivity index (χ1) is 6.04. The van der Waals surface area contributed by atoms with Crippen molar-refractivity contribution in [3.8, 4) is 0 Å². The highest BCUT2D eigenvalue weighted by Crippen LogP contribution is 2.22. The zero-order valence-electron chi connectivity index (χ0n) is 9.05. The van der Waals surface area contributed by atoms with Crippen LogP contribution in [0.3, 0.4) is 0 Å². The Balaban J connectivity index is 3.68. The molecule has 0 aliphatic rings. The van der Waals surface area contributed by atoms with Crippen LogP contribution in [0.2, 0.25) is 0 Å². The van der Waals surface area contributed by atoms with Crippen molar-refractivity contribution in [3.63, 3.8) is 0 Å². The monoisotopic (exact) mass is 186 g/mol. The van der Waals surface area contributed by atoms with E-state index in [0.29, 0.717) is 0 Å². The van der Waals surface area contributed by atoms with E-state index in [1.807, 2.05) is 0 Å². The molecule has 2 heteroatoms. The molecule has 2 nitrogen and oxygen atoms in total. The van der Waals surface area contributed by atoms with Crippen LogP contribution in [0.5, 0.6) is 0 Å². The predicted octanol–water partition coefficient (Wildman–Crippen LogP) is 2.54. The molecule has 0 saturated heterocycles. The molecular formula is C11H22O2. The maximum Gasteiger partial charge on any atom is 0.125 e. The first-order valence-electron chi connectivity index (χ1n) is 5.22. The van der Waals surface area contributed by atoms with Crippen LogP contribution in [0.4, 0.5) is 0 Å². The van der Waals surface area contributed by atoms with Crippen molar-refractivity contribution in [2.45, 2.75) is 58.5 Å². The Bertz CT molecular complexity index is 141. The van der Waals surface area contributed by atoms with Gasteiger partial charge in [-0.25, -0.2) is 0 Å². The van der Waals surface area contributed by atoms with E-state index in [4.69, 9.17) is 0 Å². The molecule has 13 heavy (non-hydrogen) atoms. The molecular weight excluding hydrogens is 164 g/mol. The Kier molecular flexibility index (Phi) is 5.97. The van der Waals surface area contributed by atoms with Gasteiger partial charge < -0.3 is 9.90 Å². The summed E-state index contributed by atoms with van der Waals surface area (Å²) < 4.78 is 0. The summed E-state index contributed by atoms with van der Waals surface area (Å²) in [6, 6.07) is 0. The van der Waals surface area contributed by atoms with Crippen LogP contribution in [0.1, 0.15) is 52.9 Å². The number of carbonyl (C=O) groups is 1. The zero-order valence-corrected chi connectivity index (χ0v) is 9.05. The van der Waals surface area contributed by atoms with Gasteiger partial charge in [-0.3, -0.25) is 0 Å². The Hall–Kier alpha value is -0.370. The van der Waals surface area contributed by atoms with Crippen molar-refractivity contribution < 1.29 is 9.90 Å². The second kappa shape index (κ2) is 6.14. The second-order valence-corrected chi connectivity index (χ2v) is 4.09. The number of carbonyl (C=O) groups excluding carboxylic acids is 1. The van der Waals surface area contributed by atoms with Crippen LogP contribution in [-0.2, 0) is 4.79 Å². The smallest absolute Gasteiger partial charge is 0.125 e. The second-order valence-electron chi connectivity index (χ2n) is 4.09. The van der Waals surface area contributed by atoms with Gasteiger partial charge in [-0.15, -0.1) is 0 Å². The fourth-order valence-corrected chi connectivity index (χ4v) is 1.28. The number of hydrogen-bond acceptors (Lipinski definition) is 2. The number of unbranched alkanes of at least 4 members (excludes halogenated alkanes) is 3. The lowest BCUT2D eigenvalue weighted by Crippen LogP contribution is -2.33. The minimum absolute atomic E-state index is 0.255. The molecule has 0 spiro atoms. The number of aldehydes is 1. The van der Waals surface area contributed by atoms with Gasteiger partial charge in [0.15, 0.2) is 0 Å². The molecule has 1 N–H and O–H groups in total. The molecule has 0 fully saturated rings. The van der Waals surface area contributed by atoms with Crippen LogP contribution < -0.4 is 0 Å². The third-order valence-electron chi connectivity index (χ3n) is 2.72. The Morgan fingerprint density at radius 1 is 1.38 bits per heavy atom. The molecule has 0 aliphatic carbocycles. The normalized spacial score (nSPS) is 17.8. The molecule has 0 aromatic heterocycles. The summed E-state index contributed by atoms with van der Waals surface area (Å²) in [7, 11) is 0. The molecule has 0 aromatic carbocycles. The average molecular weight is 186 g/mol. The molecule has 0 radical (unpaired) electrons. The van der Waals surface area contributed by atoms with Gasteiger partial charge in [0.1, 0.15) is 6.29 Å². The fraction of sp³-hybridized carbons (Fsp3) is 0.909. The lowest BCUT2D eigenvalue weighted by Gasteiger charge is -2.26. The van der Waals surface area contributed by atoms with Gasteiger partial charge in [-0.2, -0.15) is 0 Å². The molecule has 0 amide bonds. The SMILES string of the molecule is CCCCCCC(C)(O)C(C)C=O. The molecule has 0 heterocycles. The summed E-state index contributed by atoms with van der Waals surface area (Å²) in [5, 5.41) is 9.85. The van der Waals surface area contributed by atoms with E-state index in [-0.39, 0.29) is 5.92 Å². The van der Waals surface area contributed by atoms with Crippen LogP contribution in [0, 0.1) is 5.92 Å². The molecule has 0 aromatic rings.